The predicted octanol–water partition coefficient (Wildman–Crippen LogP) is 4.17. The first-order chi connectivity index (χ1) is 9.19. The molecule has 0 bridgehead atoms. The Balaban J connectivity index is 1.93. The Morgan fingerprint density at radius 2 is 1.74 bits per heavy atom. The van der Waals surface area contributed by atoms with E-state index in [-0.39, 0.29) is 0 Å². The Hall–Kier alpha value is -1.16. The largest absolute Gasteiger partial charge is 0.497 e. The first kappa shape index (κ1) is 14.3. The van der Waals surface area contributed by atoms with E-state index in [1.807, 2.05) is 48.5 Å². The van der Waals surface area contributed by atoms with Crippen molar-refractivity contribution in [1.29, 1.82) is 0 Å². The highest BCUT2D eigenvalue weighted by Crippen LogP contribution is 2.26. The van der Waals surface area contributed by atoms with Gasteiger partial charge >= 0.3 is 0 Å². The maximum Gasteiger partial charge on any atom is 0.118 e. The van der Waals surface area contributed by atoms with Crippen molar-refractivity contribution < 1.29 is 9.84 Å². The summed E-state index contributed by atoms with van der Waals surface area (Å²) in [5.41, 5.74) is 0.891. The molecule has 0 aliphatic rings. The van der Waals surface area contributed by atoms with Crippen LogP contribution in [-0.4, -0.2) is 18.0 Å². The maximum atomic E-state index is 10.1. The first-order valence-corrected chi connectivity index (χ1v) is 7.26. The maximum absolute atomic E-state index is 10.1. The summed E-state index contributed by atoms with van der Waals surface area (Å²) in [7, 11) is 1.63. The highest BCUT2D eigenvalue weighted by molar-refractivity contribution is 7.99. The van der Waals surface area contributed by atoms with Crippen molar-refractivity contribution in [3.8, 4) is 5.75 Å². The number of hydrogen-bond donors (Lipinski definition) is 1. The number of hydrogen-bond acceptors (Lipinski definition) is 3. The summed E-state index contributed by atoms with van der Waals surface area (Å²) in [6.45, 7) is 0. The summed E-state index contributed by atoms with van der Waals surface area (Å²) in [6, 6.07) is 15.1. The van der Waals surface area contributed by atoms with E-state index in [1.165, 1.54) is 0 Å². The molecule has 1 atom stereocenters. The second-order valence-corrected chi connectivity index (χ2v) is 5.58. The predicted molar refractivity (Wildman–Crippen MR) is 80.1 cm³/mol. The van der Waals surface area contributed by atoms with Crippen LogP contribution in [0.15, 0.2) is 53.4 Å². The molecule has 2 aromatic rings. The van der Waals surface area contributed by atoms with Gasteiger partial charge in [0, 0.05) is 15.7 Å². The van der Waals surface area contributed by atoms with E-state index in [4.69, 9.17) is 16.3 Å². The van der Waals surface area contributed by atoms with Crippen molar-refractivity contribution in [1.82, 2.24) is 0 Å². The zero-order valence-electron chi connectivity index (χ0n) is 10.5. The van der Waals surface area contributed by atoms with Crippen LogP contribution >= 0.6 is 23.4 Å². The van der Waals surface area contributed by atoms with Crippen molar-refractivity contribution in [3.05, 3.63) is 59.1 Å². The van der Waals surface area contributed by atoms with E-state index in [9.17, 15) is 5.11 Å². The number of aliphatic hydroxyl groups excluding tert-OH is 1. The lowest BCUT2D eigenvalue weighted by Gasteiger charge is -2.11. The fourth-order valence-electron chi connectivity index (χ4n) is 1.63. The molecule has 2 rings (SSSR count). The summed E-state index contributed by atoms with van der Waals surface area (Å²) >= 11 is 7.43. The van der Waals surface area contributed by atoms with Crippen molar-refractivity contribution in [3.63, 3.8) is 0 Å². The van der Waals surface area contributed by atoms with E-state index >= 15 is 0 Å². The van der Waals surface area contributed by atoms with Gasteiger partial charge in [-0.25, -0.2) is 0 Å². The molecule has 0 heterocycles. The van der Waals surface area contributed by atoms with Crippen LogP contribution in [0.25, 0.3) is 0 Å². The number of aliphatic hydroxyl groups is 1. The van der Waals surface area contributed by atoms with Crippen LogP contribution in [-0.2, 0) is 0 Å². The lowest BCUT2D eigenvalue weighted by molar-refractivity contribution is 0.204. The molecule has 0 fully saturated rings. The molecule has 0 aromatic heterocycles. The van der Waals surface area contributed by atoms with Gasteiger partial charge in [-0.2, -0.15) is 0 Å². The SMILES string of the molecule is COc1ccc(C(O)CSc2ccc(Cl)cc2)cc1. The molecule has 1 N–H and O–H groups in total. The minimum Gasteiger partial charge on any atom is -0.497 e. The lowest BCUT2D eigenvalue weighted by Crippen LogP contribution is -2.00. The average Bonchev–Trinajstić information content (AvgIpc) is 2.46. The van der Waals surface area contributed by atoms with Crippen LogP contribution in [0.4, 0.5) is 0 Å². The molecule has 19 heavy (non-hydrogen) atoms. The van der Waals surface area contributed by atoms with Crippen molar-refractivity contribution in [2.75, 3.05) is 12.9 Å². The lowest BCUT2D eigenvalue weighted by atomic mass is 10.1. The second-order valence-electron chi connectivity index (χ2n) is 4.05. The number of thioether (sulfide) groups is 1. The van der Waals surface area contributed by atoms with Crippen molar-refractivity contribution in [2.45, 2.75) is 11.0 Å². The minimum absolute atomic E-state index is 0.494. The third-order valence-corrected chi connectivity index (χ3v) is 4.06. The van der Waals surface area contributed by atoms with Crippen molar-refractivity contribution in [2.24, 2.45) is 0 Å². The van der Waals surface area contributed by atoms with Gasteiger partial charge in [0.15, 0.2) is 0 Å². The summed E-state index contributed by atoms with van der Waals surface area (Å²) in [6.07, 6.45) is -0.494. The Kier molecular flexibility index (Phi) is 5.14. The van der Waals surface area contributed by atoms with Gasteiger partial charge in [0.2, 0.25) is 0 Å². The molecule has 0 amide bonds. The monoisotopic (exact) mass is 294 g/mol. The van der Waals surface area contributed by atoms with Crippen LogP contribution in [0.2, 0.25) is 5.02 Å². The van der Waals surface area contributed by atoms with E-state index in [0.717, 1.165) is 21.2 Å². The molecule has 0 saturated heterocycles. The highest BCUT2D eigenvalue weighted by Gasteiger charge is 2.08. The standard InChI is InChI=1S/C15H15ClO2S/c1-18-13-6-2-11(3-7-13)15(17)10-19-14-8-4-12(16)5-9-14/h2-9,15,17H,10H2,1H3. The van der Waals surface area contributed by atoms with Gasteiger partial charge in [-0.05, 0) is 42.0 Å². The summed E-state index contributed by atoms with van der Waals surface area (Å²) < 4.78 is 5.09. The molecule has 0 radical (unpaired) electrons. The number of ether oxygens (including phenoxy) is 1. The van der Waals surface area contributed by atoms with Gasteiger partial charge in [-0.15, -0.1) is 11.8 Å². The number of rotatable bonds is 5. The number of methoxy groups -OCH3 is 1. The first-order valence-electron chi connectivity index (χ1n) is 5.89. The summed E-state index contributed by atoms with van der Waals surface area (Å²) in [5, 5.41) is 10.8. The molecule has 0 spiro atoms. The molecular weight excluding hydrogens is 280 g/mol. The fourth-order valence-corrected chi connectivity index (χ4v) is 2.63. The molecule has 4 heteroatoms. The van der Waals surface area contributed by atoms with Crippen LogP contribution in [0.1, 0.15) is 11.7 Å². The van der Waals surface area contributed by atoms with Gasteiger partial charge in [0.25, 0.3) is 0 Å². The number of halogens is 1. The van der Waals surface area contributed by atoms with Crippen LogP contribution in [0.3, 0.4) is 0 Å². The molecular formula is C15H15ClO2S. The van der Waals surface area contributed by atoms with Crippen LogP contribution in [0.5, 0.6) is 5.75 Å². The van der Waals surface area contributed by atoms with Gasteiger partial charge in [0.05, 0.1) is 13.2 Å². The Morgan fingerprint density at radius 1 is 1.11 bits per heavy atom. The normalized spacial score (nSPS) is 12.2. The van der Waals surface area contributed by atoms with E-state index < -0.39 is 6.10 Å². The third-order valence-electron chi connectivity index (χ3n) is 2.72. The molecule has 0 aliphatic carbocycles. The van der Waals surface area contributed by atoms with Gasteiger partial charge < -0.3 is 9.84 Å². The van der Waals surface area contributed by atoms with Crippen molar-refractivity contribution >= 4 is 23.4 Å². The number of benzene rings is 2. The van der Waals surface area contributed by atoms with Gasteiger partial charge in [-0.1, -0.05) is 23.7 Å². The van der Waals surface area contributed by atoms with Gasteiger partial charge in [-0.3, -0.25) is 0 Å². The quantitative estimate of drug-likeness (QED) is 0.839. The average molecular weight is 295 g/mol. The molecule has 0 saturated carbocycles. The Labute approximate surface area is 122 Å². The van der Waals surface area contributed by atoms with E-state index in [1.54, 1.807) is 18.9 Å². The van der Waals surface area contributed by atoms with E-state index in [2.05, 4.69) is 0 Å². The fraction of sp³-hybridized carbons (Fsp3) is 0.200. The Morgan fingerprint density at radius 3 is 2.32 bits per heavy atom. The molecule has 2 aromatic carbocycles. The third kappa shape index (κ3) is 4.16. The highest BCUT2D eigenvalue weighted by atomic mass is 35.5. The minimum atomic E-state index is -0.494. The Bertz CT molecular complexity index is 511. The zero-order chi connectivity index (χ0) is 13.7. The zero-order valence-corrected chi connectivity index (χ0v) is 12.1. The smallest absolute Gasteiger partial charge is 0.118 e. The second kappa shape index (κ2) is 6.85. The van der Waals surface area contributed by atoms with Crippen LogP contribution < -0.4 is 4.74 Å². The van der Waals surface area contributed by atoms with E-state index in [0.29, 0.717) is 5.75 Å². The molecule has 0 aliphatic heterocycles. The van der Waals surface area contributed by atoms with Gasteiger partial charge in [0.1, 0.15) is 5.75 Å². The molecule has 2 nitrogen and oxygen atoms in total. The molecule has 1 unspecified atom stereocenters. The summed E-state index contributed by atoms with van der Waals surface area (Å²) in [5.74, 6) is 1.40. The molecule has 100 valence electrons. The van der Waals surface area contributed by atoms with Crippen LogP contribution in [0, 0.1) is 0 Å². The summed E-state index contributed by atoms with van der Waals surface area (Å²) in [4.78, 5) is 1.09. The topological polar surface area (TPSA) is 29.5 Å².